The molecule has 2 aliphatic carbocycles. The van der Waals surface area contributed by atoms with Crippen molar-refractivity contribution in [1.82, 2.24) is 10.2 Å². The molecular formula is C17H27N3O2. The SMILES string of the molecule is C[C@H]1CC[C@@H](C#N)N1C(=O)CN[C@]1(C)C[C@H]2C[C@@H](O)C[C@H]2C1. The van der Waals surface area contributed by atoms with Crippen molar-refractivity contribution < 1.29 is 9.90 Å². The Kier molecular flexibility index (Phi) is 4.17. The monoisotopic (exact) mass is 305 g/mol. The van der Waals surface area contributed by atoms with E-state index in [-0.39, 0.29) is 29.6 Å². The number of aliphatic hydroxyl groups excluding tert-OH is 1. The molecule has 1 heterocycles. The molecule has 3 rings (SSSR count). The normalized spacial score (nSPS) is 44.1. The molecule has 2 saturated carbocycles. The largest absolute Gasteiger partial charge is 0.393 e. The first-order valence-electron chi connectivity index (χ1n) is 8.56. The fourth-order valence-electron chi connectivity index (χ4n) is 4.98. The summed E-state index contributed by atoms with van der Waals surface area (Å²) in [6.07, 6.45) is 5.50. The van der Waals surface area contributed by atoms with E-state index < -0.39 is 0 Å². The Morgan fingerprint density at radius 1 is 1.36 bits per heavy atom. The van der Waals surface area contributed by atoms with Crippen LogP contribution in [-0.2, 0) is 4.79 Å². The molecule has 3 aliphatic rings. The number of hydrogen-bond donors (Lipinski definition) is 2. The van der Waals surface area contributed by atoms with Crippen LogP contribution in [0, 0.1) is 23.2 Å². The highest BCUT2D eigenvalue weighted by Crippen LogP contribution is 2.48. The van der Waals surface area contributed by atoms with Crippen molar-refractivity contribution >= 4 is 5.91 Å². The van der Waals surface area contributed by atoms with Gasteiger partial charge in [-0.25, -0.2) is 0 Å². The number of rotatable bonds is 3. The maximum absolute atomic E-state index is 12.5. The van der Waals surface area contributed by atoms with Crippen LogP contribution < -0.4 is 5.32 Å². The Labute approximate surface area is 132 Å². The van der Waals surface area contributed by atoms with Crippen LogP contribution in [-0.4, -0.2) is 46.2 Å². The zero-order chi connectivity index (χ0) is 15.9. The van der Waals surface area contributed by atoms with Crippen LogP contribution in [0.15, 0.2) is 0 Å². The molecular weight excluding hydrogens is 278 g/mol. The van der Waals surface area contributed by atoms with E-state index in [1.807, 2.05) is 6.92 Å². The number of hydrogen-bond acceptors (Lipinski definition) is 4. The summed E-state index contributed by atoms with van der Waals surface area (Å²) in [6.45, 7) is 4.54. The lowest BCUT2D eigenvalue weighted by Crippen LogP contribution is -2.49. The van der Waals surface area contributed by atoms with Gasteiger partial charge >= 0.3 is 0 Å². The number of nitrogens with zero attached hydrogens (tertiary/aromatic N) is 2. The maximum Gasteiger partial charge on any atom is 0.237 e. The van der Waals surface area contributed by atoms with Gasteiger partial charge in [0, 0.05) is 11.6 Å². The predicted molar refractivity (Wildman–Crippen MR) is 82.8 cm³/mol. The van der Waals surface area contributed by atoms with Gasteiger partial charge in [-0.3, -0.25) is 4.79 Å². The molecule has 122 valence electrons. The molecule has 3 fully saturated rings. The molecule has 6 atom stereocenters. The fourth-order valence-corrected chi connectivity index (χ4v) is 4.98. The molecule has 1 aliphatic heterocycles. The summed E-state index contributed by atoms with van der Waals surface area (Å²) in [5, 5.41) is 22.4. The topological polar surface area (TPSA) is 76.4 Å². The van der Waals surface area contributed by atoms with E-state index in [1.165, 1.54) is 0 Å². The first kappa shape index (κ1) is 15.8. The molecule has 5 heteroatoms. The van der Waals surface area contributed by atoms with E-state index in [4.69, 9.17) is 0 Å². The van der Waals surface area contributed by atoms with Gasteiger partial charge in [-0.2, -0.15) is 5.26 Å². The van der Waals surface area contributed by atoms with Crippen molar-refractivity contribution in [3.63, 3.8) is 0 Å². The maximum atomic E-state index is 12.5. The summed E-state index contributed by atoms with van der Waals surface area (Å²) in [4.78, 5) is 14.3. The number of amides is 1. The van der Waals surface area contributed by atoms with Crippen molar-refractivity contribution in [2.45, 2.75) is 76.1 Å². The van der Waals surface area contributed by atoms with Crippen LogP contribution in [0.25, 0.3) is 0 Å². The third-order valence-corrected chi connectivity index (χ3v) is 6.01. The van der Waals surface area contributed by atoms with Crippen LogP contribution in [0.5, 0.6) is 0 Å². The molecule has 0 aromatic carbocycles. The molecule has 0 spiro atoms. The molecule has 22 heavy (non-hydrogen) atoms. The van der Waals surface area contributed by atoms with Crippen molar-refractivity contribution in [3.05, 3.63) is 0 Å². The number of carbonyl (C=O) groups is 1. The summed E-state index contributed by atoms with van der Waals surface area (Å²) in [7, 11) is 0. The van der Waals surface area contributed by atoms with Crippen LogP contribution in [0.3, 0.4) is 0 Å². The number of nitriles is 1. The van der Waals surface area contributed by atoms with Gasteiger partial charge in [0.25, 0.3) is 0 Å². The minimum atomic E-state index is -0.254. The highest BCUT2D eigenvalue weighted by Gasteiger charge is 2.47. The zero-order valence-corrected chi connectivity index (χ0v) is 13.6. The smallest absolute Gasteiger partial charge is 0.237 e. The summed E-state index contributed by atoms with van der Waals surface area (Å²) in [5.74, 6) is 1.25. The lowest BCUT2D eigenvalue weighted by Gasteiger charge is -2.30. The summed E-state index contributed by atoms with van der Waals surface area (Å²) < 4.78 is 0. The second-order valence-corrected chi connectivity index (χ2v) is 7.84. The molecule has 0 aromatic rings. The van der Waals surface area contributed by atoms with Crippen molar-refractivity contribution in [2.75, 3.05) is 6.54 Å². The van der Waals surface area contributed by atoms with Gasteiger partial charge in [0.1, 0.15) is 6.04 Å². The zero-order valence-electron chi connectivity index (χ0n) is 13.6. The van der Waals surface area contributed by atoms with E-state index >= 15 is 0 Å². The Balaban J connectivity index is 1.54. The average Bonchev–Trinajstić information content (AvgIpc) is 3.07. The number of carbonyl (C=O) groups excluding carboxylic acids is 1. The molecule has 0 aromatic heterocycles. The standard InChI is InChI=1S/C17H27N3O2/c1-11-3-4-14(9-18)20(11)16(22)10-19-17(2)7-12-5-15(21)6-13(12)8-17/h11-15,19,21H,3-8,10H2,1-2H3/t11-,12-,13+,14-,15-,17-/m0/s1. The van der Waals surface area contributed by atoms with E-state index in [0.29, 0.717) is 18.4 Å². The lowest BCUT2D eigenvalue weighted by molar-refractivity contribution is -0.132. The third kappa shape index (κ3) is 2.87. The van der Waals surface area contributed by atoms with E-state index in [1.54, 1.807) is 4.90 Å². The average molecular weight is 305 g/mol. The Morgan fingerprint density at radius 2 is 2.00 bits per heavy atom. The minimum Gasteiger partial charge on any atom is -0.393 e. The van der Waals surface area contributed by atoms with Gasteiger partial charge < -0.3 is 15.3 Å². The van der Waals surface area contributed by atoms with Gasteiger partial charge in [0.2, 0.25) is 5.91 Å². The van der Waals surface area contributed by atoms with Crippen molar-refractivity contribution in [1.29, 1.82) is 5.26 Å². The van der Waals surface area contributed by atoms with E-state index in [9.17, 15) is 15.2 Å². The first-order chi connectivity index (χ1) is 10.4. The van der Waals surface area contributed by atoms with Gasteiger partial charge in [0.15, 0.2) is 0 Å². The molecule has 1 saturated heterocycles. The van der Waals surface area contributed by atoms with Gasteiger partial charge in [-0.1, -0.05) is 0 Å². The van der Waals surface area contributed by atoms with Gasteiger partial charge in [-0.05, 0) is 64.2 Å². The summed E-state index contributed by atoms with van der Waals surface area (Å²) >= 11 is 0. The molecule has 0 unspecified atom stereocenters. The molecule has 0 radical (unpaired) electrons. The molecule has 2 N–H and O–H groups in total. The van der Waals surface area contributed by atoms with E-state index in [2.05, 4.69) is 18.3 Å². The second-order valence-electron chi connectivity index (χ2n) is 7.84. The van der Waals surface area contributed by atoms with Crippen molar-refractivity contribution in [3.8, 4) is 6.07 Å². The number of aliphatic hydroxyl groups is 1. The van der Waals surface area contributed by atoms with Crippen LogP contribution in [0.2, 0.25) is 0 Å². The minimum absolute atomic E-state index is 0.00373. The van der Waals surface area contributed by atoms with Gasteiger partial charge in [0.05, 0.1) is 18.7 Å². The number of nitrogens with one attached hydrogen (secondary N) is 1. The summed E-state index contributed by atoms with van der Waals surface area (Å²) in [6, 6.07) is 2.17. The third-order valence-electron chi connectivity index (χ3n) is 6.01. The van der Waals surface area contributed by atoms with Crippen LogP contribution in [0.4, 0.5) is 0 Å². The Bertz CT molecular complexity index is 473. The lowest BCUT2D eigenvalue weighted by atomic mass is 9.95. The second kappa shape index (κ2) is 5.82. The Morgan fingerprint density at radius 3 is 2.59 bits per heavy atom. The van der Waals surface area contributed by atoms with Crippen molar-refractivity contribution in [2.24, 2.45) is 11.8 Å². The quantitative estimate of drug-likeness (QED) is 0.827. The highest BCUT2D eigenvalue weighted by molar-refractivity contribution is 5.79. The fraction of sp³-hybridized carbons (Fsp3) is 0.882. The van der Waals surface area contributed by atoms with Crippen LogP contribution >= 0.6 is 0 Å². The number of fused-ring (bicyclic) bond motifs is 1. The number of likely N-dealkylation sites (tertiary alicyclic amines) is 1. The molecule has 0 bridgehead atoms. The molecule has 1 amide bonds. The summed E-state index contributed by atoms with van der Waals surface area (Å²) in [5.41, 5.74) is -0.00373. The Hall–Kier alpha value is -1.12. The van der Waals surface area contributed by atoms with Gasteiger partial charge in [-0.15, -0.1) is 0 Å². The highest BCUT2D eigenvalue weighted by atomic mass is 16.3. The molecule has 5 nitrogen and oxygen atoms in total. The van der Waals surface area contributed by atoms with Crippen LogP contribution in [0.1, 0.15) is 52.4 Å². The first-order valence-corrected chi connectivity index (χ1v) is 8.56. The predicted octanol–water partition coefficient (Wildman–Crippen LogP) is 1.42. The van der Waals surface area contributed by atoms with E-state index in [0.717, 1.165) is 38.5 Å².